The van der Waals surface area contributed by atoms with Crippen molar-refractivity contribution in [3.8, 4) is 22.6 Å². The summed E-state index contributed by atoms with van der Waals surface area (Å²) in [5.41, 5.74) is 1.11. The van der Waals surface area contributed by atoms with Gasteiger partial charge in [0.2, 0.25) is 0 Å². The van der Waals surface area contributed by atoms with Crippen LogP contribution in [-0.2, 0) is 19.1 Å². The molecule has 4 aromatic rings. The fourth-order valence-corrected chi connectivity index (χ4v) is 4.70. The molecule has 0 aromatic heterocycles. The molecule has 6 nitrogen and oxygen atoms in total. The summed E-state index contributed by atoms with van der Waals surface area (Å²) in [6.07, 6.45) is -4.74. The molecule has 0 aliphatic carbocycles. The first-order chi connectivity index (χ1) is 19.2. The van der Waals surface area contributed by atoms with Gasteiger partial charge in [-0.1, -0.05) is 54.6 Å². The number of para-hydroxylation sites is 1. The van der Waals surface area contributed by atoms with Crippen molar-refractivity contribution in [1.29, 1.82) is 0 Å². The zero-order valence-corrected chi connectivity index (χ0v) is 21.5. The third-order valence-corrected chi connectivity index (χ3v) is 6.68. The Hall–Kier alpha value is -4.79. The zero-order valence-electron chi connectivity index (χ0n) is 21.5. The highest BCUT2D eigenvalue weighted by Crippen LogP contribution is 2.45. The predicted octanol–water partition coefficient (Wildman–Crippen LogP) is 7.19. The minimum absolute atomic E-state index is 0.136. The molecule has 0 saturated heterocycles. The van der Waals surface area contributed by atoms with Gasteiger partial charge >= 0.3 is 12.3 Å². The zero-order chi connectivity index (χ0) is 28.3. The van der Waals surface area contributed by atoms with E-state index in [0.29, 0.717) is 24.3 Å². The lowest BCUT2D eigenvalue weighted by molar-refractivity contribution is -0.136. The van der Waals surface area contributed by atoms with Crippen molar-refractivity contribution in [2.75, 3.05) is 19.0 Å². The standard InChI is InChI=1S/C31H25F3N2O4/c1-39-26-15-14-25(31(32,33)34)28(27(26)20-8-4-2-5-9-20)35-29(37)22-12-13-23-19-36(17-16-21(23)18-22)30(38)40-24-10-6-3-7-11-24/h2-15,18H,16-17,19H2,1H3,(H,35,37). The number of hydrogen-bond acceptors (Lipinski definition) is 4. The molecular weight excluding hydrogens is 521 g/mol. The Balaban J connectivity index is 1.41. The summed E-state index contributed by atoms with van der Waals surface area (Å²) in [6.45, 7) is 0.658. The number of rotatable bonds is 5. The molecule has 5 rings (SSSR count). The number of hydrogen-bond donors (Lipinski definition) is 1. The van der Waals surface area contributed by atoms with Crippen LogP contribution in [0.15, 0.2) is 91.0 Å². The van der Waals surface area contributed by atoms with Gasteiger partial charge in [-0.15, -0.1) is 0 Å². The second-order valence-corrected chi connectivity index (χ2v) is 9.22. The van der Waals surface area contributed by atoms with Crippen molar-refractivity contribution in [1.82, 2.24) is 4.90 Å². The Morgan fingerprint density at radius 2 is 1.57 bits per heavy atom. The van der Waals surface area contributed by atoms with E-state index < -0.39 is 23.7 Å². The van der Waals surface area contributed by atoms with Crippen molar-refractivity contribution < 1.29 is 32.2 Å². The maximum Gasteiger partial charge on any atom is 0.418 e. The van der Waals surface area contributed by atoms with Gasteiger partial charge in [0.05, 0.1) is 18.4 Å². The summed E-state index contributed by atoms with van der Waals surface area (Å²) in [5, 5.41) is 2.51. The third kappa shape index (κ3) is 5.63. The Morgan fingerprint density at radius 3 is 2.25 bits per heavy atom. The first-order valence-electron chi connectivity index (χ1n) is 12.5. The van der Waals surface area contributed by atoms with E-state index in [1.807, 2.05) is 6.07 Å². The summed E-state index contributed by atoms with van der Waals surface area (Å²) in [7, 11) is 1.36. The van der Waals surface area contributed by atoms with E-state index >= 15 is 0 Å². The number of nitrogens with zero attached hydrogens (tertiary/aromatic N) is 1. The second-order valence-electron chi connectivity index (χ2n) is 9.22. The predicted molar refractivity (Wildman–Crippen MR) is 144 cm³/mol. The number of ether oxygens (including phenoxy) is 2. The number of anilines is 1. The fourth-order valence-electron chi connectivity index (χ4n) is 4.70. The van der Waals surface area contributed by atoms with Crippen molar-refractivity contribution >= 4 is 17.7 Å². The molecule has 1 aliphatic rings. The molecule has 0 bridgehead atoms. The number of halogens is 3. The van der Waals surface area contributed by atoms with Crippen LogP contribution in [0.3, 0.4) is 0 Å². The summed E-state index contributed by atoms with van der Waals surface area (Å²) in [4.78, 5) is 27.5. The molecule has 40 heavy (non-hydrogen) atoms. The highest BCUT2D eigenvalue weighted by molar-refractivity contribution is 6.07. The van der Waals surface area contributed by atoms with Gasteiger partial charge in [0.1, 0.15) is 11.5 Å². The van der Waals surface area contributed by atoms with Crippen LogP contribution in [0.1, 0.15) is 27.0 Å². The molecule has 204 valence electrons. The Morgan fingerprint density at radius 1 is 0.875 bits per heavy atom. The molecule has 0 atom stereocenters. The van der Waals surface area contributed by atoms with Crippen molar-refractivity contribution in [3.63, 3.8) is 0 Å². The van der Waals surface area contributed by atoms with E-state index in [1.165, 1.54) is 19.2 Å². The summed E-state index contributed by atoms with van der Waals surface area (Å²) >= 11 is 0. The Labute approximate surface area is 229 Å². The summed E-state index contributed by atoms with van der Waals surface area (Å²) in [6, 6.07) is 24.2. The number of fused-ring (bicyclic) bond motifs is 1. The van der Waals surface area contributed by atoms with E-state index in [2.05, 4.69) is 5.32 Å². The first-order valence-corrected chi connectivity index (χ1v) is 12.5. The molecule has 4 aromatic carbocycles. The number of nitrogens with one attached hydrogen (secondary N) is 1. The van der Waals surface area contributed by atoms with Gasteiger partial charge < -0.3 is 19.7 Å². The molecule has 1 aliphatic heterocycles. The largest absolute Gasteiger partial charge is 0.496 e. The van der Waals surface area contributed by atoms with Crippen LogP contribution in [0.2, 0.25) is 0 Å². The molecule has 2 amide bonds. The molecular formula is C31H25F3N2O4. The molecule has 9 heteroatoms. The van der Waals surface area contributed by atoms with E-state index in [0.717, 1.165) is 17.2 Å². The molecule has 0 fully saturated rings. The first kappa shape index (κ1) is 26.8. The number of amides is 2. The van der Waals surface area contributed by atoms with E-state index in [9.17, 15) is 22.8 Å². The van der Waals surface area contributed by atoms with Gasteiger partial charge in [-0.3, -0.25) is 4.79 Å². The highest BCUT2D eigenvalue weighted by atomic mass is 19.4. The van der Waals surface area contributed by atoms with Crippen LogP contribution in [0.25, 0.3) is 11.1 Å². The van der Waals surface area contributed by atoms with Crippen LogP contribution in [-0.4, -0.2) is 30.6 Å². The second kappa shape index (κ2) is 11.1. The van der Waals surface area contributed by atoms with Crippen LogP contribution >= 0.6 is 0 Å². The lowest BCUT2D eigenvalue weighted by Crippen LogP contribution is -2.38. The maximum atomic E-state index is 14.1. The average molecular weight is 547 g/mol. The van der Waals surface area contributed by atoms with Gasteiger partial charge in [-0.2, -0.15) is 13.2 Å². The number of methoxy groups -OCH3 is 1. The van der Waals surface area contributed by atoms with Crippen LogP contribution in [0.5, 0.6) is 11.5 Å². The average Bonchev–Trinajstić information content (AvgIpc) is 2.96. The van der Waals surface area contributed by atoms with Crippen molar-refractivity contribution in [2.24, 2.45) is 0 Å². The minimum Gasteiger partial charge on any atom is -0.496 e. The van der Waals surface area contributed by atoms with Gasteiger partial charge in [0.15, 0.2) is 0 Å². The Bertz CT molecular complexity index is 1540. The minimum atomic E-state index is -4.72. The van der Waals surface area contributed by atoms with E-state index in [-0.39, 0.29) is 29.1 Å². The molecule has 0 radical (unpaired) electrons. The summed E-state index contributed by atoms with van der Waals surface area (Å²) < 4.78 is 53.0. The van der Waals surface area contributed by atoms with Crippen LogP contribution in [0, 0.1) is 0 Å². The van der Waals surface area contributed by atoms with Crippen LogP contribution in [0.4, 0.5) is 23.7 Å². The topological polar surface area (TPSA) is 67.9 Å². The van der Waals surface area contributed by atoms with Gasteiger partial charge in [-0.25, -0.2) is 4.79 Å². The monoisotopic (exact) mass is 546 g/mol. The molecule has 0 saturated carbocycles. The normalized spacial score (nSPS) is 12.8. The number of benzene rings is 4. The van der Waals surface area contributed by atoms with Gasteiger partial charge in [0, 0.05) is 24.2 Å². The van der Waals surface area contributed by atoms with Crippen molar-refractivity contribution in [3.05, 3.63) is 113 Å². The number of alkyl halides is 3. The SMILES string of the molecule is COc1ccc(C(F)(F)F)c(NC(=O)c2ccc3c(c2)CCN(C(=O)Oc2ccccc2)C3)c1-c1ccccc1. The van der Waals surface area contributed by atoms with Crippen molar-refractivity contribution in [2.45, 2.75) is 19.1 Å². The van der Waals surface area contributed by atoms with E-state index in [4.69, 9.17) is 9.47 Å². The smallest absolute Gasteiger partial charge is 0.418 e. The number of carbonyl (C=O) groups is 2. The molecule has 0 unspecified atom stereocenters. The fraction of sp³-hybridized carbons (Fsp3) is 0.161. The quantitative estimate of drug-likeness (QED) is 0.288. The number of carbonyl (C=O) groups excluding carboxylic acids is 2. The van der Waals surface area contributed by atoms with E-state index in [1.54, 1.807) is 71.6 Å². The summed E-state index contributed by atoms with van der Waals surface area (Å²) in [5.74, 6) is -0.0528. The third-order valence-electron chi connectivity index (χ3n) is 6.68. The van der Waals surface area contributed by atoms with Gasteiger partial charge in [0.25, 0.3) is 5.91 Å². The molecule has 1 N–H and O–H groups in total. The Kier molecular flexibility index (Phi) is 7.46. The lowest BCUT2D eigenvalue weighted by Gasteiger charge is -2.28. The van der Waals surface area contributed by atoms with Crippen LogP contribution < -0.4 is 14.8 Å². The van der Waals surface area contributed by atoms with Gasteiger partial charge in [-0.05, 0) is 59.5 Å². The highest BCUT2D eigenvalue weighted by Gasteiger charge is 2.36. The lowest BCUT2D eigenvalue weighted by atomic mass is 9.96. The molecule has 1 heterocycles. The molecule has 0 spiro atoms. The maximum absolute atomic E-state index is 14.1.